The SMILES string of the molecule is COc1ccc(C)cc1NC(=O)Cn1c(=O)c2c(C)cc(C)nc2n(C)c1=O. The third-order valence-electron chi connectivity index (χ3n) is 4.55. The maximum Gasteiger partial charge on any atom is 0.332 e. The minimum atomic E-state index is -0.596. The number of nitrogens with one attached hydrogen (secondary N) is 1. The van der Waals surface area contributed by atoms with Gasteiger partial charge in [0.15, 0.2) is 0 Å². The number of anilines is 1. The molecule has 28 heavy (non-hydrogen) atoms. The highest BCUT2D eigenvalue weighted by Crippen LogP contribution is 2.25. The molecule has 0 saturated heterocycles. The van der Waals surface area contributed by atoms with E-state index >= 15 is 0 Å². The van der Waals surface area contributed by atoms with Crippen molar-refractivity contribution in [1.29, 1.82) is 0 Å². The number of nitrogens with zero attached hydrogens (tertiary/aromatic N) is 3. The predicted molar refractivity (Wildman–Crippen MR) is 107 cm³/mol. The number of benzene rings is 1. The molecule has 0 aliphatic carbocycles. The van der Waals surface area contributed by atoms with Crippen LogP contribution in [0.2, 0.25) is 0 Å². The molecule has 0 unspecified atom stereocenters. The molecule has 0 radical (unpaired) electrons. The Morgan fingerprint density at radius 2 is 1.89 bits per heavy atom. The van der Waals surface area contributed by atoms with Gasteiger partial charge in [-0.1, -0.05) is 6.07 Å². The maximum atomic E-state index is 12.9. The van der Waals surface area contributed by atoms with Crippen LogP contribution < -0.4 is 21.3 Å². The van der Waals surface area contributed by atoms with Crippen LogP contribution in [0.3, 0.4) is 0 Å². The maximum absolute atomic E-state index is 12.9. The van der Waals surface area contributed by atoms with Gasteiger partial charge in [-0.25, -0.2) is 9.78 Å². The molecule has 0 aliphatic rings. The van der Waals surface area contributed by atoms with Crippen LogP contribution in [0.4, 0.5) is 5.69 Å². The first-order chi connectivity index (χ1) is 13.2. The van der Waals surface area contributed by atoms with Gasteiger partial charge in [-0.3, -0.25) is 18.7 Å². The van der Waals surface area contributed by atoms with E-state index in [9.17, 15) is 14.4 Å². The summed E-state index contributed by atoms with van der Waals surface area (Å²) in [7, 11) is 3.04. The first-order valence-electron chi connectivity index (χ1n) is 8.75. The predicted octanol–water partition coefficient (Wildman–Crippen LogP) is 1.67. The lowest BCUT2D eigenvalue weighted by molar-refractivity contribution is -0.116. The fourth-order valence-corrected chi connectivity index (χ4v) is 3.21. The van der Waals surface area contributed by atoms with Gasteiger partial charge in [0.05, 0.1) is 18.2 Å². The zero-order valence-corrected chi connectivity index (χ0v) is 16.5. The van der Waals surface area contributed by atoms with E-state index in [0.29, 0.717) is 33.7 Å². The quantitative estimate of drug-likeness (QED) is 0.741. The van der Waals surface area contributed by atoms with Gasteiger partial charge in [0.1, 0.15) is 17.9 Å². The van der Waals surface area contributed by atoms with E-state index in [-0.39, 0.29) is 0 Å². The summed E-state index contributed by atoms with van der Waals surface area (Å²) >= 11 is 0. The number of hydrogen-bond donors (Lipinski definition) is 1. The van der Waals surface area contributed by atoms with Gasteiger partial charge < -0.3 is 10.1 Å². The fourth-order valence-electron chi connectivity index (χ4n) is 3.21. The molecule has 8 heteroatoms. The topological polar surface area (TPSA) is 95.2 Å². The van der Waals surface area contributed by atoms with Crippen LogP contribution in [0.1, 0.15) is 16.8 Å². The summed E-state index contributed by atoms with van der Waals surface area (Å²) < 4.78 is 7.45. The summed E-state index contributed by atoms with van der Waals surface area (Å²) in [6.45, 7) is 5.05. The molecule has 0 aliphatic heterocycles. The van der Waals surface area contributed by atoms with Crippen LogP contribution in [0.15, 0.2) is 33.9 Å². The van der Waals surface area contributed by atoms with Gasteiger partial charge in [-0.15, -0.1) is 0 Å². The fraction of sp³-hybridized carbons (Fsp3) is 0.300. The number of hydrogen-bond acceptors (Lipinski definition) is 5. The Kier molecular flexibility index (Phi) is 5.04. The van der Waals surface area contributed by atoms with Crippen molar-refractivity contribution in [1.82, 2.24) is 14.1 Å². The number of fused-ring (bicyclic) bond motifs is 1. The van der Waals surface area contributed by atoms with Gasteiger partial charge in [0.2, 0.25) is 5.91 Å². The van der Waals surface area contributed by atoms with E-state index < -0.39 is 23.7 Å². The van der Waals surface area contributed by atoms with E-state index in [1.54, 1.807) is 32.0 Å². The van der Waals surface area contributed by atoms with E-state index in [1.165, 1.54) is 18.7 Å². The van der Waals surface area contributed by atoms with Crippen molar-refractivity contribution in [3.8, 4) is 5.75 Å². The molecule has 0 atom stereocenters. The van der Waals surface area contributed by atoms with Crippen molar-refractivity contribution in [2.24, 2.45) is 7.05 Å². The molecule has 0 bridgehead atoms. The largest absolute Gasteiger partial charge is 0.495 e. The van der Waals surface area contributed by atoms with E-state index in [1.807, 2.05) is 13.0 Å². The number of aromatic nitrogens is 3. The molecule has 2 heterocycles. The highest BCUT2D eigenvalue weighted by Gasteiger charge is 2.17. The molecule has 1 aromatic carbocycles. The Morgan fingerprint density at radius 1 is 1.18 bits per heavy atom. The van der Waals surface area contributed by atoms with Crippen LogP contribution in [0.5, 0.6) is 5.75 Å². The summed E-state index contributed by atoms with van der Waals surface area (Å²) in [5.41, 5.74) is 2.01. The number of ether oxygens (including phenoxy) is 1. The van der Waals surface area contributed by atoms with E-state index in [0.717, 1.165) is 10.1 Å². The van der Waals surface area contributed by atoms with Crippen molar-refractivity contribution in [3.05, 3.63) is 61.9 Å². The van der Waals surface area contributed by atoms with Crippen molar-refractivity contribution in [3.63, 3.8) is 0 Å². The third kappa shape index (κ3) is 3.40. The van der Waals surface area contributed by atoms with Crippen molar-refractivity contribution in [2.45, 2.75) is 27.3 Å². The molecule has 8 nitrogen and oxygen atoms in total. The summed E-state index contributed by atoms with van der Waals surface area (Å²) in [4.78, 5) is 42.4. The molecular weight excluding hydrogens is 360 g/mol. The summed E-state index contributed by atoms with van der Waals surface area (Å²) in [5.74, 6) is -0.00611. The number of methoxy groups -OCH3 is 1. The van der Waals surface area contributed by atoms with Gasteiger partial charge in [0.25, 0.3) is 5.56 Å². The second-order valence-corrected chi connectivity index (χ2v) is 6.76. The zero-order chi connectivity index (χ0) is 20.6. The number of pyridine rings is 1. The Labute approximate surface area is 161 Å². The average Bonchev–Trinajstić information content (AvgIpc) is 2.63. The van der Waals surface area contributed by atoms with Gasteiger partial charge >= 0.3 is 5.69 Å². The standard InChI is InChI=1S/C20H22N4O4/c1-11-6-7-15(28-5)14(8-11)22-16(25)10-24-19(26)17-12(2)9-13(3)21-18(17)23(4)20(24)27/h6-9H,10H2,1-5H3,(H,22,25). The summed E-state index contributed by atoms with van der Waals surface area (Å²) in [6, 6.07) is 7.13. The van der Waals surface area contributed by atoms with Gasteiger partial charge in [0, 0.05) is 12.7 Å². The second kappa shape index (κ2) is 7.30. The monoisotopic (exact) mass is 382 g/mol. The highest BCUT2D eigenvalue weighted by atomic mass is 16.5. The molecule has 2 aromatic heterocycles. The van der Waals surface area contributed by atoms with Crippen LogP contribution in [0.25, 0.3) is 11.0 Å². The average molecular weight is 382 g/mol. The van der Waals surface area contributed by atoms with E-state index in [2.05, 4.69) is 10.3 Å². The van der Waals surface area contributed by atoms with Crippen molar-refractivity contribution in [2.75, 3.05) is 12.4 Å². The lowest BCUT2D eigenvalue weighted by Gasteiger charge is -2.14. The van der Waals surface area contributed by atoms with Crippen LogP contribution in [0, 0.1) is 20.8 Å². The minimum absolute atomic E-state index is 0.310. The van der Waals surface area contributed by atoms with Crippen LogP contribution in [-0.4, -0.2) is 27.1 Å². The number of carbonyl (C=O) groups is 1. The zero-order valence-electron chi connectivity index (χ0n) is 16.5. The van der Waals surface area contributed by atoms with Crippen molar-refractivity contribution >= 4 is 22.6 Å². The smallest absolute Gasteiger partial charge is 0.332 e. The molecule has 0 spiro atoms. The van der Waals surface area contributed by atoms with Crippen LogP contribution in [-0.2, 0) is 18.4 Å². The first-order valence-corrected chi connectivity index (χ1v) is 8.75. The first kappa shape index (κ1) is 19.3. The highest BCUT2D eigenvalue weighted by molar-refractivity contribution is 5.92. The second-order valence-electron chi connectivity index (χ2n) is 6.76. The number of amides is 1. The molecule has 3 rings (SSSR count). The lowest BCUT2D eigenvalue weighted by atomic mass is 10.2. The Hall–Kier alpha value is -3.42. The normalized spacial score (nSPS) is 10.9. The van der Waals surface area contributed by atoms with Crippen molar-refractivity contribution < 1.29 is 9.53 Å². The Bertz CT molecular complexity index is 1210. The molecule has 3 aromatic rings. The summed E-state index contributed by atoms with van der Waals surface area (Å²) in [6.07, 6.45) is 0. The van der Waals surface area contributed by atoms with Gasteiger partial charge in [-0.2, -0.15) is 0 Å². The molecule has 0 saturated carbocycles. The number of carbonyl (C=O) groups excluding carboxylic acids is 1. The van der Waals surface area contributed by atoms with Gasteiger partial charge in [-0.05, 0) is 50.1 Å². The third-order valence-corrected chi connectivity index (χ3v) is 4.55. The molecule has 1 N–H and O–H groups in total. The molecule has 0 fully saturated rings. The lowest BCUT2D eigenvalue weighted by Crippen LogP contribution is -2.42. The molecule has 1 amide bonds. The molecular formula is C20H22N4O4. The van der Waals surface area contributed by atoms with E-state index in [4.69, 9.17) is 4.74 Å². The Balaban J connectivity index is 2.04. The van der Waals surface area contributed by atoms with Crippen LogP contribution >= 0.6 is 0 Å². The number of rotatable bonds is 4. The minimum Gasteiger partial charge on any atom is -0.495 e. The Morgan fingerprint density at radius 3 is 2.57 bits per heavy atom. The summed E-state index contributed by atoms with van der Waals surface area (Å²) in [5, 5.41) is 3.04. The number of aryl methyl sites for hydroxylation is 4. The molecule has 146 valence electrons.